The van der Waals surface area contributed by atoms with Crippen molar-refractivity contribution in [1.29, 1.82) is 0 Å². The number of benzene rings is 1. The predicted octanol–water partition coefficient (Wildman–Crippen LogP) is 2.45. The summed E-state index contributed by atoms with van der Waals surface area (Å²) in [6.07, 6.45) is 1.34. The number of sulfonamides is 1. The van der Waals surface area contributed by atoms with E-state index in [0.717, 1.165) is 12.0 Å². The van der Waals surface area contributed by atoms with Crippen molar-refractivity contribution in [2.75, 3.05) is 26.2 Å². The fraction of sp³-hybridized carbons (Fsp3) is 0.524. The molecule has 1 aromatic heterocycles. The second-order valence-electron chi connectivity index (χ2n) is 7.58. The second kappa shape index (κ2) is 8.67. The van der Waals surface area contributed by atoms with Crippen LogP contribution < -0.4 is 0 Å². The summed E-state index contributed by atoms with van der Waals surface area (Å²) in [6.45, 7) is 7.18. The van der Waals surface area contributed by atoms with Crippen molar-refractivity contribution in [1.82, 2.24) is 19.0 Å². The van der Waals surface area contributed by atoms with E-state index < -0.39 is 10.0 Å². The van der Waals surface area contributed by atoms with Crippen LogP contribution in [0, 0.1) is 13.8 Å². The average molecular weight is 419 g/mol. The molecule has 8 heteroatoms. The highest BCUT2D eigenvalue weighted by Crippen LogP contribution is 2.26. The molecule has 1 fully saturated rings. The van der Waals surface area contributed by atoms with Crippen LogP contribution >= 0.6 is 0 Å². The van der Waals surface area contributed by atoms with Gasteiger partial charge in [-0.15, -0.1) is 0 Å². The highest BCUT2D eigenvalue weighted by molar-refractivity contribution is 7.89. The van der Waals surface area contributed by atoms with E-state index in [-0.39, 0.29) is 16.7 Å². The molecule has 0 N–H and O–H groups in total. The Kier molecular flexibility index (Phi) is 6.43. The molecule has 1 amide bonds. The molecule has 0 spiro atoms. The zero-order valence-electron chi connectivity index (χ0n) is 17.6. The van der Waals surface area contributed by atoms with Crippen molar-refractivity contribution in [2.45, 2.75) is 44.4 Å². The summed E-state index contributed by atoms with van der Waals surface area (Å²) in [5.74, 6) is -0.117. The minimum atomic E-state index is -3.64. The van der Waals surface area contributed by atoms with Gasteiger partial charge in [0.15, 0.2) is 0 Å². The highest BCUT2D eigenvalue weighted by atomic mass is 32.2. The molecule has 7 nitrogen and oxygen atoms in total. The largest absolute Gasteiger partial charge is 0.341 e. The molecule has 2 heterocycles. The molecule has 0 bridgehead atoms. The standard InChI is InChI=1S/C21H30N4O3S/c1-5-19(18-10-7-6-8-11-18)21(26)24-12-9-13-25(15-14-24)29(27,28)20-16(2)22-23(4)17(20)3/h6-8,10-11,19H,5,9,12-15H2,1-4H3. The van der Waals surface area contributed by atoms with Crippen LogP contribution in [0.4, 0.5) is 0 Å². The summed E-state index contributed by atoms with van der Waals surface area (Å²) >= 11 is 0. The van der Waals surface area contributed by atoms with Crippen LogP contribution in [0.3, 0.4) is 0 Å². The number of aromatic nitrogens is 2. The van der Waals surface area contributed by atoms with E-state index >= 15 is 0 Å². The van der Waals surface area contributed by atoms with Crippen molar-refractivity contribution in [3.8, 4) is 0 Å². The van der Waals surface area contributed by atoms with Gasteiger partial charge in [0.05, 0.1) is 17.3 Å². The summed E-state index contributed by atoms with van der Waals surface area (Å²) in [6, 6.07) is 9.79. The Labute approximate surface area is 173 Å². The maximum absolute atomic E-state index is 13.3. The van der Waals surface area contributed by atoms with Crippen LogP contribution in [0.1, 0.15) is 42.6 Å². The first kappa shape index (κ1) is 21.5. The topological polar surface area (TPSA) is 75.5 Å². The average Bonchev–Trinajstić information content (AvgIpc) is 2.87. The lowest BCUT2D eigenvalue weighted by atomic mass is 9.95. The zero-order chi connectivity index (χ0) is 21.2. The number of carbonyl (C=O) groups excluding carboxylic acids is 1. The lowest BCUT2D eigenvalue weighted by Crippen LogP contribution is -2.39. The fourth-order valence-electron chi connectivity index (χ4n) is 4.07. The molecule has 0 aliphatic carbocycles. The Hall–Kier alpha value is -2.19. The van der Waals surface area contributed by atoms with Crippen LogP contribution in [0.25, 0.3) is 0 Å². The van der Waals surface area contributed by atoms with E-state index in [2.05, 4.69) is 5.10 Å². The summed E-state index contributed by atoms with van der Waals surface area (Å²) in [7, 11) is -1.89. The first-order valence-electron chi connectivity index (χ1n) is 10.1. The Morgan fingerprint density at radius 2 is 1.79 bits per heavy atom. The lowest BCUT2D eigenvalue weighted by Gasteiger charge is -2.26. The predicted molar refractivity (Wildman–Crippen MR) is 112 cm³/mol. The Morgan fingerprint density at radius 3 is 2.38 bits per heavy atom. The molecule has 29 heavy (non-hydrogen) atoms. The molecule has 1 aliphatic rings. The van der Waals surface area contributed by atoms with Crippen LogP contribution in [0.15, 0.2) is 35.2 Å². The first-order chi connectivity index (χ1) is 13.8. The van der Waals surface area contributed by atoms with Gasteiger partial charge in [-0.3, -0.25) is 9.48 Å². The maximum atomic E-state index is 13.3. The second-order valence-corrected chi connectivity index (χ2v) is 9.45. The molecule has 1 aromatic carbocycles. The van der Waals surface area contributed by atoms with Gasteiger partial charge >= 0.3 is 0 Å². The molecule has 3 rings (SSSR count). The number of hydrogen-bond donors (Lipinski definition) is 0. The Balaban J connectivity index is 1.77. The van der Waals surface area contributed by atoms with Gasteiger partial charge < -0.3 is 4.90 Å². The maximum Gasteiger partial charge on any atom is 0.246 e. The van der Waals surface area contributed by atoms with Crippen LogP contribution in [0.2, 0.25) is 0 Å². The number of aryl methyl sites for hydroxylation is 2. The molecular formula is C21H30N4O3S. The highest BCUT2D eigenvalue weighted by Gasteiger charge is 2.33. The third kappa shape index (κ3) is 4.23. The minimum absolute atomic E-state index is 0.0756. The number of rotatable bonds is 5. The van der Waals surface area contributed by atoms with Gasteiger partial charge in [0.2, 0.25) is 15.9 Å². The van der Waals surface area contributed by atoms with Gasteiger partial charge in [-0.1, -0.05) is 37.3 Å². The molecule has 0 saturated carbocycles. The first-order valence-corrected chi connectivity index (χ1v) is 11.6. The van der Waals surface area contributed by atoms with Crippen LogP contribution in [-0.2, 0) is 21.9 Å². The van der Waals surface area contributed by atoms with Gasteiger partial charge in [0, 0.05) is 33.2 Å². The fourth-order valence-corrected chi connectivity index (χ4v) is 5.94. The number of carbonyl (C=O) groups is 1. The van der Waals surface area contributed by atoms with Gasteiger partial charge in [0.25, 0.3) is 0 Å². The van der Waals surface area contributed by atoms with Crippen molar-refractivity contribution >= 4 is 15.9 Å². The van der Waals surface area contributed by atoms with Crippen molar-refractivity contribution in [2.24, 2.45) is 7.05 Å². The SMILES string of the molecule is CCC(C(=O)N1CCCN(S(=O)(=O)c2c(C)nn(C)c2C)CC1)c1ccccc1. The Morgan fingerprint density at radius 1 is 1.10 bits per heavy atom. The monoisotopic (exact) mass is 418 g/mol. The lowest BCUT2D eigenvalue weighted by molar-refractivity contribution is -0.132. The summed E-state index contributed by atoms with van der Waals surface area (Å²) in [5.41, 5.74) is 2.16. The van der Waals surface area contributed by atoms with Crippen molar-refractivity contribution in [3.05, 3.63) is 47.3 Å². The molecule has 1 saturated heterocycles. The summed E-state index contributed by atoms with van der Waals surface area (Å²) in [4.78, 5) is 15.3. The molecule has 0 radical (unpaired) electrons. The van der Waals surface area contributed by atoms with E-state index in [4.69, 9.17) is 0 Å². The van der Waals surface area contributed by atoms with E-state index in [1.54, 1.807) is 25.6 Å². The van der Waals surface area contributed by atoms with Crippen LogP contribution in [-0.4, -0.2) is 59.5 Å². The van der Waals surface area contributed by atoms with Gasteiger partial charge in [-0.2, -0.15) is 9.40 Å². The molecule has 2 aromatic rings. The molecule has 1 aliphatic heterocycles. The zero-order valence-corrected chi connectivity index (χ0v) is 18.4. The normalized spacial score (nSPS) is 17.2. The third-order valence-electron chi connectivity index (χ3n) is 5.72. The van der Waals surface area contributed by atoms with Crippen molar-refractivity contribution in [3.63, 3.8) is 0 Å². The quantitative estimate of drug-likeness (QED) is 0.747. The van der Waals surface area contributed by atoms with Crippen molar-refractivity contribution < 1.29 is 13.2 Å². The smallest absolute Gasteiger partial charge is 0.246 e. The molecular weight excluding hydrogens is 388 g/mol. The molecule has 1 atom stereocenters. The van der Waals surface area contributed by atoms with E-state index in [0.29, 0.717) is 44.0 Å². The van der Waals surface area contributed by atoms with E-state index in [1.165, 1.54) is 4.31 Å². The van der Waals surface area contributed by atoms with Crippen LogP contribution in [0.5, 0.6) is 0 Å². The molecule has 158 valence electrons. The van der Waals surface area contributed by atoms with Gasteiger partial charge in [-0.25, -0.2) is 8.42 Å². The van der Waals surface area contributed by atoms with Gasteiger partial charge in [0.1, 0.15) is 4.90 Å². The third-order valence-corrected chi connectivity index (χ3v) is 7.87. The van der Waals surface area contributed by atoms with E-state index in [9.17, 15) is 13.2 Å². The number of hydrogen-bond acceptors (Lipinski definition) is 4. The van der Waals surface area contributed by atoms with Gasteiger partial charge in [-0.05, 0) is 32.3 Å². The number of nitrogens with zero attached hydrogens (tertiary/aromatic N) is 4. The number of amides is 1. The summed E-state index contributed by atoms with van der Waals surface area (Å²) < 4.78 is 29.6. The Bertz CT molecular complexity index is 969. The molecule has 1 unspecified atom stereocenters. The minimum Gasteiger partial charge on any atom is -0.341 e. The summed E-state index contributed by atoms with van der Waals surface area (Å²) in [5, 5.41) is 4.25. The van der Waals surface area contributed by atoms with E-state index in [1.807, 2.05) is 42.2 Å².